The van der Waals surface area contributed by atoms with Crippen LogP contribution in [0.2, 0.25) is 0 Å². The molecule has 0 fully saturated rings. The number of fused-ring (bicyclic) bond motifs is 1. The molecule has 2 aromatic heterocycles. The van der Waals surface area contributed by atoms with Crippen molar-refractivity contribution in [1.82, 2.24) is 20.1 Å². The molecule has 0 bridgehead atoms. The van der Waals surface area contributed by atoms with Crippen LogP contribution >= 0.6 is 0 Å². The van der Waals surface area contributed by atoms with Crippen LogP contribution < -0.4 is 5.32 Å². The molecular formula is C15H22N4O. The van der Waals surface area contributed by atoms with Gasteiger partial charge in [-0.05, 0) is 25.5 Å². The number of rotatable bonds is 6. The van der Waals surface area contributed by atoms with Gasteiger partial charge in [0.1, 0.15) is 23.2 Å². The molecule has 0 unspecified atom stereocenters. The summed E-state index contributed by atoms with van der Waals surface area (Å²) in [4.78, 5) is 0. The standard InChI is InChI=1S/C15H22N4O/c1-3-12-6-7-13(20-12)11(2)16-9-8-15-18-17-14-5-4-10-19(14)15/h6-7,11,16H,3-5,8-10H2,1-2H3/t11-/m1/s1. The predicted octanol–water partition coefficient (Wildman–Crippen LogP) is 2.27. The topological polar surface area (TPSA) is 55.9 Å². The third kappa shape index (κ3) is 2.63. The van der Waals surface area contributed by atoms with Crippen molar-refractivity contribution in [3.8, 4) is 0 Å². The number of aryl methyl sites for hydroxylation is 2. The molecule has 20 heavy (non-hydrogen) atoms. The lowest BCUT2D eigenvalue weighted by molar-refractivity contribution is 0.409. The van der Waals surface area contributed by atoms with Gasteiger partial charge >= 0.3 is 0 Å². The molecule has 3 heterocycles. The highest BCUT2D eigenvalue weighted by molar-refractivity contribution is 5.10. The van der Waals surface area contributed by atoms with Crippen molar-refractivity contribution in [2.45, 2.75) is 52.1 Å². The summed E-state index contributed by atoms with van der Waals surface area (Å²) >= 11 is 0. The highest BCUT2D eigenvalue weighted by Gasteiger charge is 2.17. The first kappa shape index (κ1) is 13.4. The fraction of sp³-hybridized carbons (Fsp3) is 0.600. The molecule has 0 saturated heterocycles. The molecule has 5 heteroatoms. The molecule has 5 nitrogen and oxygen atoms in total. The van der Waals surface area contributed by atoms with Gasteiger partial charge in [0.25, 0.3) is 0 Å². The molecule has 1 aliphatic rings. The van der Waals surface area contributed by atoms with Crippen LogP contribution in [0.15, 0.2) is 16.5 Å². The van der Waals surface area contributed by atoms with E-state index >= 15 is 0 Å². The van der Waals surface area contributed by atoms with Crippen molar-refractivity contribution in [2.75, 3.05) is 6.54 Å². The maximum Gasteiger partial charge on any atom is 0.134 e. The van der Waals surface area contributed by atoms with Gasteiger partial charge in [-0.1, -0.05) is 6.92 Å². The van der Waals surface area contributed by atoms with Crippen LogP contribution in [0.3, 0.4) is 0 Å². The van der Waals surface area contributed by atoms with E-state index in [0.29, 0.717) is 0 Å². The normalized spacial score (nSPS) is 15.5. The largest absolute Gasteiger partial charge is 0.464 e. The van der Waals surface area contributed by atoms with Crippen LogP contribution in [0.25, 0.3) is 0 Å². The molecule has 2 aromatic rings. The molecule has 0 radical (unpaired) electrons. The zero-order chi connectivity index (χ0) is 13.9. The Bertz CT molecular complexity index is 572. The van der Waals surface area contributed by atoms with E-state index in [1.807, 2.05) is 0 Å². The zero-order valence-corrected chi connectivity index (χ0v) is 12.2. The van der Waals surface area contributed by atoms with Crippen molar-refractivity contribution in [1.29, 1.82) is 0 Å². The third-order valence-electron chi connectivity index (χ3n) is 3.94. The Labute approximate surface area is 119 Å². The summed E-state index contributed by atoms with van der Waals surface area (Å²) in [7, 11) is 0. The van der Waals surface area contributed by atoms with Gasteiger partial charge < -0.3 is 14.3 Å². The number of nitrogens with one attached hydrogen (secondary N) is 1. The minimum atomic E-state index is 0.233. The molecule has 1 aliphatic heterocycles. The highest BCUT2D eigenvalue weighted by Crippen LogP contribution is 2.17. The minimum absolute atomic E-state index is 0.233. The Morgan fingerprint density at radius 3 is 3.10 bits per heavy atom. The first-order valence-electron chi connectivity index (χ1n) is 7.51. The number of furan rings is 1. The van der Waals surface area contributed by atoms with Crippen molar-refractivity contribution in [2.24, 2.45) is 0 Å². The zero-order valence-electron chi connectivity index (χ0n) is 12.2. The molecule has 0 aromatic carbocycles. The molecule has 3 rings (SSSR count). The van der Waals surface area contributed by atoms with Gasteiger partial charge in [-0.2, -0.15) is 0 Å². The Kier molecular flexibility index (Phi) is 3.87. The van der Waals surface area contributed by atoms with Crippen LogP contribution in [0.5, 0.6) is 0 Å². The summed E-state index contributed by atoms with van der Waals surface area (Å²) in [6.07, 6.45) is 4.13. The van der Waals surface area contributed by atoms with E-state index < -0.39 is 0 Å². The average Bonchev–Trinajstić information content (AvgIpc) is 3.15. The van der Waals surface area contributed by atoms with Crippen LogP contribution in [-0.2, 0) is 25.8 Å². The number of aromatic nitrogens is 3. The summed E-state index contributed by atoms with van der Waals surface area (Å²) in [6.45, 7) is 6.20. The van der Waals surface area contributed by atoms with Crippen molar-refractivity contribution < 1.29 is 4.42 Å². The van der Waals surface area contributed by atoms with E-state index in [4.69, 9.17) is 4.42 Å². The second kappa shape index (κ2) is 5.79. The smallest absolute Gasteiger partial charge is 0.134 e. The summed E-state index contributed by atoms with van der Waals surface area (Å²) in [5, 5.41) is 12.0. The second-order valence-electron chi connectivity index (χ2n) is 5.37. The summed E-state index contributed by atoms with van der Waals surface area (Å²) in [5.74, 6) is 4.30. The van der Waals surface area contributed by atoms with Crippen molar-refractivity contribution >= 4 is 0 Å². The van der Waals surface area contributed by atoms with E-state index in [-0.39, 0.29) is 6.04 Å². The van der Waals surface area contributed by atoms with Crippen LogP contribution in [0, 0.1) is 0 Å². The second-order valence-corrected chi connectivity index (χ2v) is 5.37. The van der Waals surface area contributed by atoms with E-state index in [0.717, 1.165) is 55.5 Å². The molecule has 0 amide bonds. The predicted molar refractivity (Wildman–Crippen MR) is 76.6 cm³/mol. The molecule has 108 valence electrons. The SMILES string of the molecule is CCc1ccc([C@@H](C)NCCc2nnc3n2CCC3)o1. The number of hydrogen-bond acceptors (Lipinski definition) is 4. The van der Waals surface area contributed by atoms with Gasteiger partial charge in [0.15, 0.2) is 0 Å². The van der Waals surface area contributed by atoms with Crippen LogP contribution in [0.1, 0.15) is 49.5 Å². The van der Waals surface area contributed by atoms with Gasteiger partial charge in [0, 0.05) is 32.4 Å². The van der Waals surface area contributed by atoms with Crippen molar-refractivity contribution in [3.63, 3.8) is 0 Å². The van der Waals surface area contributed by atoms with Crippen LogP contribution in [0.4, 0.5) is 0 Å². The highest BCUT2D eigenvalue weighted by atomic mass is 16.3. The Morgan fingerprint density at radius 1 is 1.40 bits per heavy atom. The van der Waals surface area contributed by atoms with Gasteiger partial charge in [-0.15, -0.1) is 10.2 Å². The summed E-state index contributed by atoms with van der Waals surface area (Å²) in [5.41, 5.74) is 0. The molecule has 0 aliphatic carbocycles. The van der Waals surface area contributed by atoms with E-state index in [9.17, 15) is 0 Å². The van der Waals surface area contributed by atoms with E-state index in [1.54, 1.807) is 0 Å². The Balaban J connectivity index is 1.52. The fourth-order valence-corrected chi connectivity index (χ4v) is 2.71. The fourth-order valence-electron chi connectivity index (χ4n) is 2.71. The van der Waals surface area contributed by atoms with Gasteiger partial charge in [0.05, 0.1) is 6.04 Å². The average molecular weight is 274 g/mol. The first-order chi connectivity index (χ1) is 9.78. The summed E-state index contributed by atoms with van der Waals surface area (Å²) in [6, 6.07) is 4.35. The third-order valence-corrected chi connectivity index (χ3v) is 3.94. The monoisotopic (exact) mass is 274 g/mol. The lowest BCUT2D eigenvalue weighted by atomic mass is 10.2. The summed E-state index contributed by atoms with van der Waals surface area (Å²) < 4.78 is 8.02. The molecule has 0 saturated carbocycles. The van der Waals surface area contributed by atoms with Gasteiger partial charge in [-0.25, -0.2) is 0 Å². The lowest BCUT2D eigenvalue weighted by Crippen LogP contribution is -2.22. The van der Waals surface area contributed by atoms with Crippen LogP contribution in [-0.4, -0.2) is 21.3 Å². The van der Waals surface area contributed by atoms with Gasteiger partial charge in [0.2, 0.25) is 0 Å². The quantitative estimate of drug-likeness (QED) is 0.878. The van der Waals surface area contributed by atoms with E-state index in [2.05, 4.69) is 46.1 Å². The number of hydrogen-bond donors (Lipinski definition) is 1. The molecule has 1 atom stereocenters. The lowest BCUT2D eigenvalue weighted by Gasteiger charge is -2.11. The van der Waals surface area contributed by atoms with Crippen molar-refractivity contribution in [3.05, 3.63) is 35.3 Å². The van der Waals surface area contributed by atoms with E-state index in [1.165, 1.54) is 6.42 Å². The maximum atomic E-state index is 5.76. The Hall–Kier alpha value is -1.62. The molecule has 0 spiro atoms. The number of nitrogens with zero attached hydrogens (tertiary/aromatic N) is 3. The molecule has 1 N–H and O–H groups in total. The Morgan fingerprint density at radius 2 is 2.30 bits per heavy atom. The minimum Gasteiger partial charge on any atom is -0.464 e. The van der Waals surface area contributed by atoms with Gasteiger partial charge in [-0.3, -0.25) is 0 Å². The first-order valence-corrected chi connectivity index (χ1v) is 7.51. The maximum absolute atomic E-state index is 5.76. The molecular weight excluding hydrogens is 252 g/mol.